The lowest BCUT2D eigenvalue weighted by Crippen LogP contribution is -2.31. The Kier molecular flexibility index (Phi) is 3.70. The summed E-state index contributed by atoms with van der Waals surface area (Å²) in [6.45, 7) is 1.05. The van der Waals surface area contributed by atoms with Crippen LogP contribution in [0.2, 0.25) is 0 Å². The Morgan fingerprint density at radius 2 is 2.23 bits per heavy atom. The van der Waals surface area contributed by atoms with Crippen LogP contribution in [0.4, 0.5) is 0 Å². The summed E-state index contributed by atoms with van der Waals surface area (Å²) in [4.78, 5) is 0. The van der Waals surface area contributed by atoms with Crippen LogP contribution in [0.3, 0.4) is 0 Å². The van der Waals surface area contributed by atoms with Crippen LogP contribution in [-0.4, -0.2) is 17.5 Å². The average molecular weight is 213 g/mol. The number of hydrogen-bond donors (Lipinski definition) is 1. The molecule has 0 radical (unpaired) electrons. The number of thiophene rings is 1. The van der Waals surface area contributed by atoms with Gasteiger partial charge in [-0.15, -0.1) is 0 Å². The molecule has 13 heavy (non-hydrogen) atoms. The van der Waals surface area contributed by atoms with E-state index in [1.165, 1.54) is 29.9 Å². The number of hydrogen-bond acceptors (Lipinski definition) is 3. The topological polar surface area (TPSA) is 12.0 Å². The molecule has 72 valence electrons. The summed E-state index contributed by atoms with van der Waals surface area (Å²) in [6, 6.07) is 2.97. The first-order chi connectivity index (χ1) is 6.45. The van der Waals surface area contributed by atoms with E-state index in [1.54, 1.807) is 11.3 Å². The minimum atomic E-state index is 0.765. The van der Waals surface area contributed by atoms with Crippen molar-refractivity contribution in [2.24, 2.45) is 0 Å². The second kappa shape index (κ2) is 5.03. The van der Waals surface area contributed by atoms with Gasteiger partial charge >= 0.3 is 0 Å². The second-order valence-corrected chi connectivity index (χ2v) is 5.40. The molecule has 3 heteroatoms. The number of rotatable bonds is 3. The van der Waals surface area contributed by atoms with E-state index in [2.05, 4.69) is 33.9 Å². The molecular formula is C10H15NS2. The van der Waals surface area contributed by atoms with Gasteiger partial charge in [-0.3, -0.25) is 0 Å². The molecule has 0 atom stereocenters. The first-order valence-electron chi connectivity index (χ1n) is 4.77. The van der Waals surface area contributed by atoms with Crippen molar-refractivity contribution in [3.8, 4) is 0 Å². The molecular weight excluding hydrogens is 198 g/mol. The van der Waals surface area contributed by atoms with E-state index in [4.69, 9.17) is 0 Å². The van der Waals surface area contributed by atoms with Gasteiger partial charge in [-0.1, -0.05) is 0 Å². The molecule has 1 fully saturated rings. The Bertz CT molecular complexity index is 227. The zero-order valence-corrected chi connectivity index (χ0v) is 9.29. The maximum atomic E-state index is 3.62. The number of thioether (sulfide) groups is 1. The summed E-state index contributed by atoms with van der Waals surface area (Å²) < 4.78 is 0. The van der Waals surface area contributed by atoms with Crippen LogP contribution < -0.4 is 5.32 Å². The smallest absolute Gasteiger partial charge is 0.0216 e. The van der Waals surface area contributed by atoms with Gasteiger partial charge in [0.1, 0.15) is 0 Å². The van der Waals surface area contributed by atoms with Crippen LogP contribution >= 0.6 is 23.1 Å². The molecule has 0 saturated carbocycles. The van der Waals surface area contributed by atoms with Crippen molar-refractivity contribution in [1.82, 2.24) is 5.32 Å². The first kappa shape index (κ1) is 9.56. The lowest BCUT2D eigenvalue weighted by molar-refractivity contribution is 0.482. The van der Waals surface area contributed by atoms with Gasteiger partial charge in [0, 0.05) is 12.6 Å². The van der Waals surface area contributed by atoms with Gasteiger partial charge < -0.3 is 5.32 Å². The fourth-order valence-electron chi connectivity index (χ4n) is 1.56. The molecule has 1 aromatic rings. The minimum Gasteiger partial charge on any atom is -0.310 e. The summed E-state index contributed by atoms with van der Waals surface area (Å²) in [6.07, 6.45) is 2.68. The Hall–Kier alpha value is 0.01000. The molecule has 0 unspecified atom stereocenters. The molecule has 1 N–H and O–H groups in total. The lowest BCUT2D eigenvalue weighted by atomic mass is 10.1. The summed E-state index contributed by atoms with van der Waals surface area (Å²) in [5.74, 6) is 2.67. The molecule has 0 aromatic carbocycles. The van der Waals surface area contributed by atoms with Gasteiger partial charge in [-0.25, -0.2) is 0 Å². The highest BCUT2D eigenvalue weighted by Crippen LogP contribution is 2.17. The van der Waals surface area contributed by atoms with Crippen LogP contribution in [0, 0.1) is 0 Å². The lowest BCUT2D eigenvalue weighted by Gasteiger charge is -2.22. The highest BCUT2D eigenvalue weighted by Gasteiger charge is 2.12. The Balaban J connectivity index is 1.72. The zero-order valence-electron chi connectivity index (χ0n) is 7.66. The summed E-state index contributed by atoms with van der Waals surface area (Å²) >= 11 is 3.87. The van der Waals surface area contributed by atoms with Gasteiger partial charge in [0.25, 0.3) is 0 Å². The Labute approximate surface area is 87.9 Å². The molecule has 1 aromatic heterocycles. The molecule has 1 nitrogen and oxygen atoms in total. The molecule has 2 rings (SSSR count). The van der Waals surface area contributed by atoms with Gasteiger partial charge in [0.2, 0.25) is 0 Å². The monoisotopic (exact) mass is 213 g/mol. The largest absolute Gasteiger partial charge is 0.310 e. The molecule has 0 spiro atoms. The molecule has 1 aliphatic rings. The Morgan fingerprint density at radius 3 is 2.92 bits per heavy atom. The average Bonchev–Trinajstić information content (AvgIpc) is 2.69. The molecule has 0 aliphatic carbocycles. The van der Waals surface area contributed by atoms with Crippen LogP contribution in [0.5, 0.6) is 0 Å². The highest BCUT2D eigenvalue weighted by molar-refractivity contribution is 7.99. The van der Waals surface area contributed by atoms with Gasteiger partial charge in [-0.05, 0) is 46.7 Å². The summed E-state index contributed by atoms with van der Waals surface area (Å²) in [5, 5.41) is 7.99. The van der Waals surface area contributed by atoms with Crippen molar-refractivity contribution < 1.29 is 0 Å². The van der Waals surface area contributed by atoms with Gasteiger partial charge in [-0.2, -0.15) is 23.1 Å². The molecule has 1 aliphatic heterocycles. The Morgan fingerprint density at radius 1 is 1.38 bits per heavy atom. The van der Waals surface area contributed by atoms with E-state index >= 15 is 0 Å². The fraction of sp³-hybridized carbons (Fsp3) is 0.600. The highest BCUT2D eigenvalue weighted by atomic mass is 32.2. The predicted octanol–water partition coefficient (Wildman–Crippen LogP) is 2.73. The summed E-state index contributed by atoms with van der Waals surface area (Å²) in [5.41, 5.74) is 1.43. The van der Waals surface area contributed by atoms with Crippen molar-refractivity contribution in [2.45, 2.75) is 25.4 Å². The quantitative estimate of drug-likeness (QED) is 0.828. The molecule has 0 amide bonds. The van der Waals surface area contributed by atoms with Crippen molar-refractivity contribution in [1.29, 1.82) is 0 Å². The van der Waals surface area contributed by atoms with Gasteiger partial charge in [0.15, 0.2) is 0 Å². The van der Waals surface area contributed by atoms with Gasteiger partial charge in [0.05, 0.1) is 0 Å². The second-order valence-electron chi connectivity index (χ2n) is 3.40. The predicted molar refractivity (Wildman–Crippen MR) is 61.5 cm³/mol. The normalized spacial score (nSPS) is 19.1. The summed E-state index contributed by atoms with van der Waals surface area (Å²) in [7, 11) is 0. The maximum Gasteiger partial charge on any atom is 0.0216 e. The fourth-order valence-corrected chi connectivity index (χ4v) is 3.33. The van der Waals surface area contributed by atoms with Crippen LogP contribution in [0.1, 0.15) is 18.4 Å². The molecule has 2 heterocycles. The number of nitrogens with one attached hydrogen (secondary N) is 1. The zero-order chi connectivity index (χ0) is 8.93. The van der Waals surface area contributed by atoms with E-state index in [0.29, 0.717) is 0 Å². The molecule has 1 saturated heterocycles. The van der Waals surface area contributed by atoms with Crippen LogP contribution in [0.15, 0.2) is 16.8 Å². The van der Waals surface area contributed by atoms with E-state index in [0.717, 1.165) is 12.6 Å². The van der Waals surface area contributed by atoms with E-state index < -0.39 is 0 Å². The third kappa shape index (κ3) is 3.01. The van der Waals surface area contributed by atoms with E-state index in [-0.39, 0.29) is 0 Å². The first-order valence-corrected chi connectivity index (χ1v) is 6.87. The van der Waals surface area contributed by atoms with Crippen molar-refractivity contribution >= 4 is 23.1 Å². The van der Waals surface area contributed by atoms with Crippen molar-refractivity contribution in [2.75, 3.05) is 11.5 Å². The van der Waals surface area contributed by atoms with E-state index in [1.807, 2.05) is 0 Å². The standard InChI is InChI=1S/C10H15NS2/c1-4-13-8-9(1)7-11-10-2-5-12-6-3-10/h1,4,8,10-11H,2-3,5-7H2. The third-order valence-electron chi connectivity index (χ3n) is 2.40. The van der Waals surface area contributed by atoms with Crippen LogP contribution in [-0.2, 0) is 6.54 Å². The third-order valence-corrected chi connectivity index (χ3v) is 4.18. The maximum absolute atomic E-state index is 3.62. The molecule has 0 bridgehead atoms. The van der Waals surface area contributed by atoms with Crippen LogP contribution in [0.25, 0.3) is 0 Å². The SMILES string of the molecule is c1cc(CNC2CCSCC2)cs1. The van der Waals surface area contributed by atoms with Crippen molar-refractivity contribution in [3.63, 3.8) is 0 Å². The minimum absolute atomic E-state index is 0.765. The van der Waals surface area contributed by atoms with E-state index in [9.17, 15) is 0 Å². The van der Waals surface area contributed by atoms with Crippen molar-refractivity contribution in [3.05, 3.63) is 22.4 Å².